The monoisotopic (exact) mass is 303 g/mol. The van der Waals surface area contributed by atoms with Gasteiger partial charge >= 0.3 is 5.97 Å². The molecule has 20 heavy (non-hydrogen) atoms. The Bertz CT molecular complexity index is 532. The van der Waals surface area contributed by atoms with Gasteiger partial charge in [-0.25, -0.2) is 18.1 Å². The molecule has 7 nitrogen and oxygen atoms in total. The molecule has 0 spiro atoms. The molecular formula is C12H21N3O4S. The van der Waals surface area contributed by atoms with Crippen molar-refractivity contribution in [3.63, 3.8) is 0 Å². The second-order valence-electron chi connectivity index (χ2n) is 4.69. The van der Waals surface area contributed by atoms with Crippen LogP contribution in [0.2, 0.25) is 0 Å². The van der Waals surface area contributed by atoms with Crippen LogP contribution in [-0.4, -0.2) is 35.6 Å². The number of carbonyl (C=O) groups is 1. The number of carboxylic acids is 1. The smallest absolute Gasteiger partial charge is 0.303 e. The first kappa shape index (κ1) is 16.6. The molecule has 0 atom stereocenters. The Morgan fingerprint density at radius 2 is 2.00 bits per heavy atom. The topological polar surface area (TPSA) is 101 Å². The van der Waals surface area contributed by atoms with Gasteiger partial charge in [0.1, 0.15) is 5.82 Å². The van der Waals surface area contributed by atoms with Gasteiger partial charge < -0.3 is 9.67 Å². The lowest BCUT2D eigenvalue weighted by molar-refractivity contribution is -0.137. The maximum Gasteiger partial charge on any atom is 0.303 e. The normalized spacial score (nSPS) is 11.7. The summed E-state index contributed by atoms with van der Waals surface area (Å²) in [5, 5.41) is 8.50. The van der Waals surface area contributed by atoms with Gasteiger partial charge in [0.25, 0.3) is 10.0 Å². The van der Waals surface area contributed by atoms with E-state index in [0.717, 1.165) is 12.8 Å². The lowest BCUT2D eigenvalue weighted by Crippen LogP contribution is -2.25. The lowest BCUT2D eigenvalue weighted by atomic mass is 10.1. The zero-order chi connectivity index (χ0) is 15.2. The van der Waals surface area contributed by atoms with Crippen LogP contribution in [0, 0.1) is 6.92 Å². The summed E-state index contributed by atoms with van der Waals surface area (Å²) in [6.45, 7) is 2.08. The number of sulfonamides is 1. The number of aryl methyl sites for hydroxylation is 2. The summed E-state index contributed by atoms with van der Waals surface area (Å²) in [6.07, 6.45) is 4.55. The molecule has 0 aliphatic rings. The van der Waals surface area contributed by atoms with E-state index in [0.29, 0.717) is 25.2 Å². The van der Waals surface area contributed by atoms with Crippen molar-refractivity contribution in [3.05, 3.63) is 12.0 Å². The Labute approximate surface area is 119 Å². The molecule has 0 fully saturated rings. The highest BCUT2D eigenvalue weighted by Crippen LogP contribution is 2.08. The molecule has 0 aromatic carbocycles. The van der Waals surface area contributed by atoms with E-state index in [1.807, 2.05) is 0 Å². The Balaban J connectivity index is 2.29. The van der Waals surface area contributed by atoms with Crippen LogP contribution in [0.4, 0.5) is 0 Å². The number of unbranched alkanes of at least 4 members (excludes halogenated alkanes) is 3. The second-order valence-corrected chi connectivity index (χ2v) is 6.41. The number of aliphatic carboxylic acids is 1. The van der Waals surface area contributed by atoms with Crippen molar-refractivity contribution in [1.29, 1.82) is 0 Å². The van der Waals surface area contributed by atoms with Gasteiger partial charge in [-0.3, -0.25) is 4.79 Å². The predicted octanol–water partition coefficient (Wildman–Crippen LogP) is 1.04. The average molecular weight is 303 g/mol. The second kappa shape index (κ2) is 7.39. The Hall–Kier alpha value is -1.41. The SMILES string of the molecule is Cc1nc(S(=O)(=O)NCCCCCCC(=O)O)cn1C. The van der Waals surface area contributed by atoms with Crippen LogP contribution in [0.5, 0.6) is 0 Å². The molecule has 1 aromatic rings. The number of nitrogens with one attached hydrogen (secondary N) is 1. The Morgan fingerprint density at radius 1 is 1.35 bits per heavy atom. The van der Waals surface area contributed by atoms with E-state index in [2.05, 4.69) is 9.71 Å². The van der Waals surface area contributed by atoms with Crippen LogP contribution in [0.3, 0.4) is 0 Å². The molecule has 1 rings (SSSR count). The van der Waals surface area contributed by atoms with Gasteiger partial charge in [0.05, 0.1) is 0 Å². The van der Waals surface area contributed by atoms with E-state index in [9.17, 15) is 13.2 Å². The maximum atomic E-state index is 11.9. The van der Waals surface area contributed by atoms with Crippen LogP contribution in [-0.2, 0) is 21.9 Å². The molecule has 0 amide bonds. The number of hydrogen-bond donors (Lipinski definition) is 2. The minimum Gasteiger partial charge on any atom is -0.481 e. The standard InChI is InChI=1S/C12H21N3O4S/c1-10-14-11(9-15(10)2)20(18,19)13-8-6-4-3-5-7-12(16)17/h9,13H,3-8H2,1-2H3,(H,16,17). The molecule has 1 heterocycles. The number of carboxylic acid groups (broad SMARTS) is 1. The largest absolute Gasteiger partial charge is 0.481 e. The summed E-state index contributed by atoms with van der Waals surface area (Å²) in [4.78, 5) is 14.3. The molecular weight excluding hydrogens is 282 g/mol. The van der Waals surface area contributed by atoms with Crippen molar-refractivity contribution in [3.8, 4) is 0 Å². The summed E-state index contributed by atoms with van der Waals surface area (Å²) >= 11 is 0. The van der Waals surface area contributed by atoms with Crippen molar-refractivity contribution >= 4 is 16.0 Å². The minimum atomic E-state index is -3.54. The van der Waals surface area contributed by atoms with E-state index >= 15 is 0 Å². The van der Waals surface area contributed by atoms with Gasteiger partial charge in [0.15, 0.2) is 5.03 Å². The van der Waals surface area contributed by atoms with Crippen molar-refractivity contribution < 1.29 is 18.3 Å². The van der Waals surface area contributed by atoms with Crippen LogP contribution in [0.1, 0.15) is 37.9 Å². The molecule has 0 aliphatic heterocycles. The molecule has 0 aliphatic carbocycles. The predicted molar refractivity (Wildman–Crippen MR) is 73.9 cm³/mol. The van der Waals surface area contributed by atoms with Gasteiger partial charge in [-0.1, -0.05) is 12.8 Å². The van der Waals surface area contributed by atoms with Crippen LogP contribution < -0.4 is 4.72 Å². The molecule has 0 saturated carbocycles. The fourth-order valence-electron chi connectivity index (χ4n) is 1.69. The van der Waals surface area contributed by atoms with Crippen molar-refractivity contribution in [2.75, 3.05) is 6.54 Å². The number of nitrogens with zero attached hydrogens (tertiary/aromatic N) is 2. The number of aromatic nitrogens is 2. The quantitative estimate of drug-likeness (QED) is 0.664. The van der Waals surface area contributed by atoms with Gasteiger partial charge in [-0.05, 0) is 19.8 Å². The molecule has 1 aromatic heterocycles. The summed E-state index contributed by atoms with van der Waals surface area (Å²) in [6, 6.07) is 0. The average Bonchev–Trinajstić information content (AvgIpc) is 2.69. The van der Waals surface area contributed by atoms with Crippen molar-refractivity contribution in [2.24, 2.45) is 7.05 Å². The number of rotatable bonds is 9. The zero-order valence-corrected chi connectivity index (χ0v) is 12.6. The van der Waals surface area contributed by atoms with Gasteiger partial charge in [0, 0.05) is 26.2 Å². The fraction of sp³-hybridized carbons (Fsp3) is 0.667. The van der Waals surface area contributed by atoms with E-state index < -0.39 is 16.0 Å². The summed E-state index contributed by atoms with van der Waals surface area (Å²) in [5.41, 5.74) is 0. The van der Waals surface area contributed by atoms with E-state index in [4.69, 9.17) is 5.11 Å². The van der Waals surface area contributed by atoms with Crippen molar-refractivity contribution in [1.82, 2.24) is 14.3 Å². The fourth-order valence-corrected chi connectivity index (χ4v) is 2.80. The van der Waals surface area contributed by atoms with Crippen LogP contribution in [0.25, 0.3) is 0 Å². The molecule has 0 saturated heterocycles. The maximum absolute atomic E-state index is 11.9. The highest BCUT2D eigenvalue weighted by molar-refractivity contribution is 7.89. The Kier molecular flexibility index (Phi) is 6.15. The zero-order valence-electron chi connectivity index (χ0n) is 11.8. The summed E-state index contributed by atoms with van der Waals surface area (Å²) < 4.78 is 28.0. The van der Waals surface area contributed by atoms with E-state index in [-0.39, 0.29) is 11.4 Å². The summed E-state index contributed by atoms with van der Waals surface area (Å²) in [7, 11) is -1.80. The third-order valence-electron chi connectivity index (χ3n) is 2.97. The van der Waals surface area contributed by atoms with Gasteiger partial charge in [-0.15, -0.1) is 0 Å². The number of hydrogen-bond acceptors (Lipinski definition) is 4. The van der Waals surface area contributed by atoms with Crippen molar-refractivity contribution in [2.45, 2.75) is 44.1 Å². The number of imidazole rings is 1. The molecule has 114 valence electrons. The first-order valence-electron chi connectivity index (χ1n) is 6.54. The third-order valence-corrected chi connectivity index (χ3v) is 4.30. The molecule has 0 bridgehead atoms. The first-order valence-corrected chi connectivity index (χ1v) is 8.02. The molecule has 2 N–H and O–H groups in total. The van der Waals surface area contributed by atoms with Gasteiger partial charge in [0.2, 0.25) is 0 Å². The van der Waals surface area contributed by atoms with Crippen LogP contribution in [0.15, 0.2) is 11.2 Å². The highest BCUT2D eigenvalue weighted by atomic mass is 32.2. The molecule has 0 unspecified atom stereocenters. The third kappa shape index (κ3) is 5.30. The highest BCUT2D eigenvalue weighted by Gasteiger charge is 2.17. The Morgan fingerprint density at radius 3 is 2.55 bits per heavy atom. The van der Waals surface area contributed by atoms with E-state index in [1.165, 1.54) is 6.20 Å². The first-order chi connectivity index (χ1) is 9.33. The van der Waals surface area contributed by atoms with E-state index in [1.54, 1.807) is 18.5 Å². The lowest BCUT2D eigenvalue weighted by Gasteiger charge is -2.03. The van der Waals surface area contributed by atoms with Gasteiger partial charge in [-0.2, -0.15) is 0 Å². The molecule has 8 heteroatoms. The van der Waals surface area contributed by atoms with Crippen LogP contribution >= 0.6 is 0 Å². The minimum absolute atomic E-state index is 0.0309. The molecule has 0 radical (unpaired) electrons. The summed E-state index contributed by atoms with van der Waals surface area (Å²) in [5.74, 6) is -0.157.